The molecule has 41 heavy (non-hydrogen) atoms. The van der Waals surface area contributed by atoms with E-state index in [9.17, 15) is 9.59 Å². The van der Waals surface area contributed by atoms with Crippen LogP contribution in [-0.2, 0) is 4.79 Å². The first kappa shape index (κ1) is 27.5. The quantitative estimate of drug-likeness (QED) is 0.260. The first-order valence-corrected chi connectivity index (χ1v) is 13.2. The normalized spacial score (nSPS) is 14.1. The largest absolute Gasteiger partial charge is 0.493 e. The highest BCUT2D eigenvalue weighted by Crippen LogP contribution is 2.40. The fourth-order valence-electron chi connectivity index (χ4n) is 5.11. The van der Waals surface area contributed by atoms with Crippen LogP contribution in [0.15, 0.2) is 78.1 Å². The van der Waals surface area contributed by atoms with Crippen LogP contribution >= 0.6 is 0 Å². The number of nitrogens with one attached hydrogen (secondary N) is 3. The van der Waals surface area contributed by atoms with Crippen molar-refractivity contribution < 1.29 is 19.1 Å². The van der Waals surface area contributed by atoms with Crippen LogP contribution in [0.4, 0.5) is 17.2 Å². The molecule has 0 bridgehead atoms. The minimum absolute atomic E-state index is 0.284. The van der Waals surface area contributed by atoms with Gasteiger partial charge in [0.2, 0.25) is 0 Å². The van der Waals surface area contributed by atoms with E-state index in [-0.39, 0.29) is 11.8 Å². The van der Waals surface area contributed by atoms with Crippen molar-refractivity contribution in [3.8, 4) is 11.5 Å². The van der Waals surface area contributed by atoms with Crippen LogP contribution < -0.4 is 25.4 Å². The number of anilines is 3. The molecule has 3 aromatic carbocycles. The topological polar surface area (TPSA) is 107 Å². The van der Waals surface area contributed by atoms with Crippen molar-refractivity contribution in [3.05, 3.63) is 106 Å². The van der Waals surface area contributed by atoms with Crippen LogP contribution in [0.1, 0.15) is 45.6 Å². The fourth-order valence-corrected chi connectivity index (χ4v) is 5.11. The zero-order valence-corrected chi connectivity index (χ0v) is 24.0. The van der Waals surface area contributed by atoms with Crippen LogP contribution in [0.25, 0.3) is 0 Å². The fraction of sp³-hybridized carbons (Fsp3) is 0.219. The van der Waals surface area contributed by atoms with Gasteiger partial charge in [-0.15, -0.1) is 0 Å². The van der Waals surface area contributed by atoms with Gasteiger partial charge in [0.1, 0.15) is 17.4 Å². The van der Waals surface area contributed by atoms with Crippen molar-refractivity contribution in [3.63, 3.8) is 0 Å². The van der Waals surface area contributed by atoms with E-state index in [0.717, 1.165) is 27.9 Å². The summed E-state index contributed by atoms with van der Waals surface area (Å²) in [5.74, 6) is 0.961. The molecular formula is C32H33N5O4. The summed E-state index contributed by atoms with van der Waals surface area (Å²) in [6.07, 6.45) is 1.51. The van der Waals surface area contributed by atoms with Gasteiger partial charge in [0, 0.05) is 17.1 Å². The van der Waals surface area contributed by atoms with Crippen LogP contribution in [0.5, 0.6) is 11.5 Å². The molecule has 0 unspecified atom stereocenters. The predicted octanol–water partition coefficient (Wildman–Crippen LogP) is 6.01. The van der Waals surface area contributed by atoms with Gasteiger partial charge in [-0.2, -0.15) is 5.10 Å². The molecule has 1 aliphatic heterocycles. The van der Waals surface area contributed by atoms with Gasteiger partial charge >= 0.3 is 0 Å². The summed E-state index contributed by atoms with van der Waals surface area (Å²) in [6.45, 7) is 7.75. The third kappa shape index (κ3) is 5.38. The predicted molar refractivity (Wildman–Crippen MR) is 160 cm³/mol. The summed E-state index contributed by atoms with van der Waals surface area (Å²) in [5.41, 5.74) is 6.65. The van der Waals surface area contributed by atoms with Gasteiger partial charge in [0.25, 0.3) is 11.8 Å². The average Bonchev–Trinajstić information content (AvgIpc) is 3.37. The van der Waals surface area contributed by atoms with Crippen molar-refractivity contribution in [1.29, 1.82) is 0 Å². The minimum atomic E-state index is -0.655. The summed E-state index contributed by atoms with van der Waals surface area (Å²) in [5, 5.41) is 13.9. The van der Waals surface area contributed by atoms with E-state index in [1.807, 2.05) is 82.3 Å². The van der Waals surface area contributed by atoms with E-state index in [0.29, 0.717) is 39.8 Å². The highest BCUT2D eigenvalue weighted by molar-refractivity contribution is 6.09. The average molecular weight is 552 g/mol. The number of carbonyl (C=O) groups is 2. The lowest BCUT2D eigenvalue weighted by Crippen LogP contribution is -2.32. The zero-order valence-electron chi connectivity index (χ0n) is 24.0. The maximum absolute atomic E-state index is 13.9. The molecule has 3 N–H and O–H groups in total. The molecular weight excluding hydrogens is 518 g/mol. The highest BCUT2D eigenvalue weighted by atomic mass is 16.5. The maximum Gasteiger partial charge on any atom is 0.261 e. The van der Waals surface area contributed by atoms with Crippen molar-refractivity contribution >= 4 is 29.0 Å². The van der Waals surface area contributed by atoms with Crippen LogP contribution in [0.3, 0.4) is 0 Å². The Hall–Kier alpha value is -5.05. The van der Waals surface area contributed by atoms with Crippen molar-refractivity contribution in [1.82, 2.24) is 9.78 Å². The van der Waals surface area contributed by atoms with Crippen molar-refractivity contribution in [2.24, 2.45) is 0 Å². The summed E-state index contributed by atoms with van der Waals surface area (Å²) in [4.78, 5) is 27.3. The molecule has 9 heteroatoms. The van der Waals surface area contributed by atoms with Crippen LogP contribution in [0, 0.1) is 20.8 Å². The molecule has 0 saturated carbocycles. The number of aromatic nitrogens is 2. The van der Waals surface area contributed by atoms with Crippen LogP contribution in [-0.4, -0.2) is 35.8 Å². The van der Waals surface area contributed by atoms with Gasteiger partial charge in [-0.3, -0.25) is 9.59 Å². The number of nitrogens with zero attached hydrogens (tertiary/aromatic N) is 2. The molecule has 4 aromatic rings. The van der Waals surface area contributed by atoms with Gasteiger partial charge in [0.05, 0.1) is 26.0 Å². The molecule has 0 spiro atoms. The number of carbonyl (C=O) groups excluding carboxylic acids is 2. The number of hydrogen-bond acceptors (Lipinski definition) is 6. The number of rotatable bonds is 7. The lowest BCUT2D eigenvalue weighted by atomic mass is 9.94. The van der Waals surface area contributed by atoms with Crippen molar-refractivity contribution in [2.75, 3.05) is 30.2 Å². The van der Waals surface area contributed by atoms with E-state index in [1.54, 1.807) is 25.0 Å². The first-order valence-electron chi connectivity index (χ1n) is 13.2. The number of amides is 2. The number of ether oxygens (including phenoxy) is 2. The Kier molecular flexibility index (Phi) is 7.52. The molecule has 5 rings (SSSR count). The number of benzene rings is 3. The zero-order chi connectivity index (χ0) is 29.3. The number of methoxy groups -OCH3 is 2. The van der Waals surface area contributed by atoms with E-state index >= 15 is 0 Å². The van der Waals surface area contributed by atoms with E-state index < -0.39 is 6.04 Å². The molecule has 1 atom stereocenters. The molecule has 1 aromatic heterocycles. The lowest BCUT2D eigenvalue weighted by molar-refractivity contribution is -0.113. The molecule has 0 radical (unpaired) electrons. The minimum Gasteiger partial charge on any atom is -0.493 e. The van der Waals surface area contributed by atoms with Crippen molar-refractivity contribution in [2.45, 2.75) is 33.7 Å². The van der Waals surface area contributed by atoms with E-state index in [1.165, 1.54) is 6.20 Å². The Morgan fingerprint density at radius 3 is 2.32 bits per heavy atom. The second-order valence-corrected chi connectivity index (χ2v) is 10.1. The molecule has 2 amide bonds. The lowest BCUT2D eigenvalue weighted by Gasteiger charge is -2.30. The molecule has 2 heterocycles. The van der Waals surface area contributed by atoms with Gasteiger partial charge in [-0.05, 0) is 74.7 Å². The van der Waals surface area contributed by atoms with Gasteiger partial charge in [0.15, 0.2) is 11.5 Å². The Balaban J connectivity index is 1.58. The Morgan fingerprint density at radius 2 is 1.61 bits per heavy atom. The molecule has 9 nitrogen and oxygen atoms in total. The summed E-state index contributed by atoms with van der Waals surface area (Å²) in [7, 11) is 3.13. The van der Waals surface area contributed by atoms with E-state index in [2.05, 4.69) is 21.0 Å². The summed E-state index contributed by atoms with van der Waals surface area (Å²) < 4.78 is 12.7. The summed E-state index contributed by atoms with van der Waals surface area (Å²) in [6, 6.07) is 18.3. The first-order chi connectivity index (χ1) is 19.7. The standard InChI is InChI=1S/C32H33N5O4/c1-18-8-7-9-23(15-18)35-31(38)24-17-33-37-29(22-11-13-26(40-5)27(16-22)41-6)28(21(4)34-30(24)37)32(39)36-25-12-10-19(2)14-20(25)3/h7-17,29,34H,1-6H3,(H,35,38)(H,36,39)/t29-/m0/s1. The Morgan fingerprint density at radius 1 is 0.854 bits per heavy atom. The highest BCUT2D eigenvalue weighted by Gasteiger charge is 2.36. The summed E-state index contributed by atoms with van der Waals surface area (Å²) >= 11 is 0. The smallest absolute Gasteiger partial charge is 0.261 e. The molecule has 0 saturated heterocycles. The van der Waals surface area contributed by atoms with Gasteiger partial charge in [-0.1, -0.05) is 35.9 Å². The third-order valence-electron chi connectivity index (χ3n) is 7.14. The number of fused-ring (bicyclic) bond motifs is 1. The number of aryl methyl sites for hydroxylation is 3. The molecule has 0 aliphatic carbocycles. The van der Waals surface area contributed by atoms with Gasteiger partial charge < -0.3 is 25.4 Å². The monoisotopic (exact) mass is 551 g/mol. The van der Waals surface area contributed by atoms with Crippen LogP contribution in [0.2, 0.25) is 0 Å². The van der Waals surface area contributed by atoms with Gasteiger partial charge in [-0.25, -0.2) is 4.68 Å². The Labute approximate surface area is 239 Å². The SMILES string of the molecule is COc1ccc([C@H]2C(C(=O)Nc3ccc(C)cc3C)=C(C)Nc3c(C(=O)Nc4cccc(C)c4)cnn32)cc1OC. The maximum atomic E-state index is 13.9. The second-order valence-electron chi connectivity index (χ2n) is 10.1. The Bertz CT molecular complexity index is 1690. The van der Waals surface area contributed by atoms with E-state index in [4.69, 9.17) is 9.47 Å². The molecule has 1 aliphatic rings. The number of allylic oxidation sites excluding steroid dienone is 1. The molecule has 0 fully saturated rings. The second kappa shape index (κ2) is 11.2. The third-order valence-corrected chi connectivity index (χ3v) is 7.14. The molecule has 210 valence electrons. The number of hydrogen-bond donors (Lipinski definition) is 3.